The van der Waals surface area contributed by atoms with E-state index >= 15 is 0 Å². The summed E-state index contributed by atoms with van der Waals surface area (Å²) in [5.74, 6) is -0.146. The van der Waals surface area contributed by atoms with Crippen molar-refractivity contribution in [1.82, 2.24) is 0 Å². The summed E-state index contributed by atoms with van der Waals surface area (Å²) in [5, 5.41) is 0. The number of rotatable bonds is 2. The van der Waals surface area contributed by atoms with Gasteiger partial charge in [0, 0.05) is 5.92 Å². The molecule has 1 aliphatic carbocycles. The van der Waals surface area contributed by atoms with Gasteiger partial charge in [-0.1, -0.05) is 31.2 Å². The Morgan fingerprint density at radius 3 is 2.46 bits per heavy atom. The standard InChI is InChI=1S/C9H14O3S/c1-3-8-6-4-5-7-9(8,2)13(10,11)12/h4-8H,3H2,1-2H3,(H,10,11,12). The highest BCUT2D eigenvalue weighted by atomic mass is 32.2. The smallest absolute Gasteiger partial charge is 0.274 e. The van der Waals surface area contributed by atoms with Crippen LogP contribution in [0.1, 0.15) is 20.3 Å². The molecule has 1 rings (SSSR count). The maximum absolute atomic E-state index is 11.1. The molecular weight excluding hydrogens is 188 g/mol. The zero-order valence-electron chi connectivity index (χ0n) is 7.77. The average molecular weight is 202 g/mol. The van der Waals surface area contributed by atoms with E-state index in [4.69, 9.17) is 4.55 Å². The maximum atomic E-state index is 11.1. The maximum Gasteiger partial charge on any atom is 0.274 e. The van der Waals surface area contributed by atoms with Gasteiger partial charge in [-0.2, -0.15) is 8.42 Å². The molecule has 13 heavy (non-hydrogen) atoms. The summed E-state index contributed by atoms with van der Waals surface area (Å²) in [7, 11) is -4.02. The van der Waals surface area contributed by atoms with E-state index in [1.54, 1.807) is 12.2 Å². The molecule has 4 heteroatoms. The predicted molar refractivity (Wildman–Crippen MR) is 52.0 cm³/mol. The minimum atomic E-state index is -4.02. The lowest BCUT2D eigenvalue weighted by Gasteiger charge is -2.31. The van der Waals surface area contributed by atoms with Crippen molar-refractivity contribution in [1.29, 1.82) is 0 Å². The summed E-state index contributed by atoms with van der Waals surface area (Å²) in [4.78, 5) is 0. The minimum absolute atomic E-state index is 0.146. The zero-order chi connectivity index (χ0) is 10.1. The van der Waals surface area contributed by atoms with Gasteiger partial charge >= 0.3 is 0 Å². The molecule has 0 saturated carbocycles. The first kappa shape index (κ1) is 10.5. The summed E-state index contributed by atoms with van der Waals surface area (Å²) in [6.07, 6.45) is 7.50. The zero-order valence-corrected chi connectivity index (χ0v) is 8.58. The molecule has 1 aliphatic rings. The summed E-state index contributed by atoms with van der Waals surface area (Å²) >= 11 is 0. The molecule has 74 valence electrons. The Morgan fingerprint density at radius 2 is 2.08 bits per heavy atom. The van der Waals surface area contributed by atoms with E-state index in [1.807, 2.05) is 13.0 Å². The monoisotopic (exact) mass is 202 g/mol. The van der Waals surface area contributed by atoms with Crippen LogP contribution >= 0.6 is 0 Å². The van der Waals surface area contributed by atoms with E-state index < -0.39 is 14.9 Å². The SMILES string of the molecule is CCC1C=CC=CC1(C)S(=O)(=O)O. The Kier molecular flexibility index (Phi) is 2.63. The summed E-state index contributed by atoms with van der Waals surface area (Å²) in [5.41, 5.74) is 0. The van der Waals surface area contributed by atoms with Gasteiger partial charge in [0.2, 0.25) is 0 Å². The molecule has 0 aromatic heterocycles. The Hall–Kier alpha value is -0.610. The van der Waals surface area contributed by atoms with E-state index in [0.29, 0.717) is 6.42 Å². The molecule has 2 atom stereocenters. The molecule has 0 bridgehead atoms. The molecule has 0 aromatic carbocycles. The second kappa shape index (κ2) is 3.27. The highest BCUT2D eigenvalue weighted by Gasteiger charge is 2.41. The van der Waals surface area contributed by atoms with Crippen molar-refractivity contribution >= 4 is 10.1 Å². The average Bonchev–Trinajstić information content (AvgIpc) is 2.03. The van der Waals surface area contributed by atoms with Gasteiger partial charge in [0.25, 0.3) is 10.1 Å². The van der Waals surface area contributed by atoms with Crippen LogP contribution in [0.3, 0.4) is 0 Å². The van der Waals surface area contributed by atoms with Gasteiger partial charge in [-0.3, -0.25) is 4.55 Å². The molecule has 0 saturated heterocycles. The van der Waals surface area contributed by atoms with Crippen LogP contribution < -0.4 is 0 Å². The van der Waals surface area contributed by atoms with Gasteiger partial charge in [-0.05, 0) is 13.3 Å². The fourth-order valence-corrected chi connectivity index (χ4v) is 2.46. The van der Waals surface area contributed by atoms with E-state index in [1.165, 1.54) is 13.0 Å². The van der Waals surface area contributed by atoms with Crippen LogP contribution in [0, 0.1) is 5.92 Å². The lowest BCUT2D eigenvalue weighted by molar-refractivity contribution is 0.411. The van der Waals surface area contributed by atoms with Gasteiger partial charge in [0.05, 0.1) is 0 Å². The molecule has 0 spiro atoms. The first-order valence-electron chi connectivity index (χ1n) is 4.25. The van der Waals surface area contributed by atoms with E-state index in [9.17, 15) is 8.42 Å². The normalized spacial score (nSPS) is 33.6. The van der Waals surface area contributed by atoms with Gasteiger partial charge in [-0.25, -0.2) is 0 Å². The number of hydrogen-bond acceptors (Lipinski definition) is 2. The Balaban J connectivity index is 3.15. The van der Waals surface area contributed by atoms with Gasteiger partial charge in [0.1, 0.15) is 4.75 Å². The van der Waals surface area contributed by atoms with Crippen molar-refractivity contribution in [2.24, 2.45) is 5.92 Å². The number of hydrogen-bond donors (Lipinski definition) is 1. The largest absolute Gasteiger partial charge is 0.285 e. The van der Waals surface area contributed by atoms with Gasteiger partial charge < -0.3 is 0 Å². The van der Waals surface area contributed by atoms with E-state index in [0.717, 1.165) is 0 Å². The van der Waals surface area contributed by atoms with Crippen LogP contribution in [0.25, 0.3) is 0 Å². The highest BCUT2D eigenvalue weighted by Crippen LogP contribution is 2.33. The van der Waals surface area contributed by atoms with Gasteiger partial charge in [0.15, 0.2) is 0 Å². The van der Waals surface area contributed by atoms with E-state index in [2.05, 4.69) is 0 Å². The molecule has 0 fully saturated rings. The van der Waals surface area contributed by atoms with Crippen molar-refractivity contribution in [3.8, 4) is 0 Å². The van der Waals surface area contributed by atoms with Crippen LogP contribution in [-0.4, -0.2) is 17.7 Å². The molecule has 1 N–H and O–H groups in total. The number of allylic oxidation sites excluding steroid dienone is 3. The Morgan fingerprint density at radius 1 is 1.46 bits per heavy atom. The third-order valence-corrected chi connectivity index (χ3v) is 4.16. The first-order valence-corrected chi connectivity index (χ1v) is 5.69. The Labute approximate surface area is 78.9 Å². The topological polar surface area (TPSA) is 54.4 Å². The van der Waals surface area contributed by atoms with Crippen LogP contribution in [-0.2, 0) is 10.1 Å². The van der Waals surface area contributed by atoms with Crippen LogP contribution in [0.2, 0.25) is 0 Å². The fourth-order valence-electron chi connectivity index (χ4n) is 1.58. The van der Waals surface area contributed by atoms with Crippen molar-refractivity contribution < 1.29 is 13.0 Å². The van der Waals surface area contributed by atoms with Crippen molar-refractivity contribution in [2.45, 2.75) is 25.0 Å². The van der Waals surface area contributed by atoms with Crippen molar-refractivity contribution in [3.05, 3.63) is 24.3 Å². The fraction of sp³-hybridized carbons (Fsp3) is 0.556. The summed E-state index contributed by atoms with van der Waals surface area (Å²) < 4.78 is 30.2. The molecule has 0 heterocycles. The van der Waals surface area contributed by atoms with Crippen LogP contribution in [0.4, 0.5) is 0 Å². The molecule has 0 aromatic rings. The summed E-state index contributed by atoms with van der Waals surface area (Å²) in [6, 6.07) is 0. The van der Waals surface area contributed by atoms with Crippen LogP contribution in [0.5, 0.6) is 0 Å². The third-order valence-electron chi connectivity index (χ3n) is 2.61. The summed E-state index contributed by atoms with van der Waals surface area (Å²) in [6.45, 7) is 3.44. The van der Waals surface area contributed by atoms with E-state index in [-0.39, 0.29) is 5.92 Å². The molecular formula is C9H14O3S. The van der Waals surface area contributed by atoms with Crippen molar-refractivity contribution in [2.75, 3.05) is 0 Å². The van der Waals surface area contributed by atoms with Gasteiger partial charge in [-0.15, -0.1) is 0 Å². The molecule has 0 radical (unpaired) electrons. The second-order valence-corrected chi connectivity index (χ2v) is 5.25. The lowest BCUT2D eigenvalue weighted by Crippen LogP contribution is -2.40. The molecule has 2 unspecified atom stereocenters. The Bertz CT molecular complexity index is 340. The van der Waals surface area contributed by atoms with Crippen LogP contribution in [0.15, 0.2) is 24.3 Å². The molecule has 3 nitrogen and oxygen atoms in total. The lowest BCUT2D eigenvalue weighted by atomic mass is 9.87. The quantitative estimate of drug-likeness (QED) is 0.694. The first-order chi connectivity index (χ1) is 5.92. The third kappa shape index (κ3) is 1.69. The second-order valence-electron chi connectivity index (χ2n) is 3.42. The minimum Gasteiger partial charge on any atom is -0.285 e. The molecule has 0 amide bonds. The molecule has 0 aliphatic heterocycles. The van der Waals surface area contributed by atoms with Crippen molar-refractivity contribution in [3.63, 3.8) is 0 Å². The predicted octanol–water partition coefficient (Wildman–Crippen LogP) is 1.79. The highest BCUT2D eigenvalue weighted by molar-refractivity contribution is 7.87.